The number of nitrogens with zero attached hydrogens (tertiary/aromatic N) is 2. The summed E-state index contributed by atoms with van der Waals surface area (Å²) in [5, 5.41) is 11.9. The summed E-state index contributed by atoms with van der Waals surface area (Å²) < 4.78 is 10.4. The number of aromatic nitrogens is 1. The van der Waals surface area contributed by atoms with Gasteiger partial charge in [-0.05, 0) is 62.2 Å². The number of amides is 1. The highest BCUT2D eigenvalue weighted by Gasteiger charge is 2.48. The van der Waals surface area contributed by atoms with Crippen LogP contribution in [0.15, 0.2) is 42.0 Å². The lowest BCUT2D eigenvalue weighted by molar-refractivity contribution is -0.132. The van der Waals surface area contributed by atoms with Crippen molar-refractivity contribution in [3.05, 3.63) is 79.3 Å². The monoisotopic (exact) mass is 560 g/mol. The summed E-state index contributed by atoms with van der Waals surface area (Å²) >= 11 is 13.3. The summed E-state index contributed by atoms with van der Waals surface area (Å²) in [7, 11) is 1.53. The number of aryl methyl sites for hydroxylation is 2. The smallest absolute Gasteiger partial charge is 0.350 e. The molecular weight excluding hydrogens is 539 g/mol. The molecule has 1 aromatic heterocycles. The first-order chi connectivity index (χ1) is 17.6. The van der Waals surface area contributed by atoms with Crippen molar-refractivity contribution >= 4 is 63.1 Å². The zero-order valence-corrected chi connectivity index (χ0v) is 22.6. The number of aliphatic hydroxyl groups excluding tert-OH is 1. The molecule has 1 atom stereocenters. The summed E-state index contributed by atoms with van der Waals surface area (Å²) in [6.45, 7) is 5.25. The van der Waals surface area contributed by atoms with Gasteiger partial charge in [0.1, 0.15) is 16.4 Å². The first-order valence-electron chi connectivity index (χ1n) is 11.1. The molecule has 4 rings (SSSR count). The number of methoxy groups -OCH3 is 1. The number of hydrogen-bond donors (Lipinski definition) is 1. The molecule has 2 aromatic carbocycles. The largest absolute Gasteiger partial charge is 0.507 e. The van der Waals surface area contributed by atoms with Gasteiger partial charge < -0.3 is 14.6 Å². The Morgan fingerprint density at radius 2 is 1.86 bits per heavy atom. The van der Waals surface area contributed by atoms with E-state index >= 15 is 0 Å². The second kappa shape index (κ2) is 10.5. The SMILES string of the molecule is CCOC(=O)c1sc(N2C(=O)C(=O)C(=C(O)c3ccc(OC)c(C)c3)[C@H]2c2ccc(Cl)c(Cl)c2)nc1C. The number of anilines is 1. The molecule has 0 bridgehead atoms. The fraction of sp³-hybridized carbons (Fsp3) is 0.231. The Morgan fingerprint density at radius 3 is 2.49 bits per heavy atom. The lowest BCUT2D eigenvalue weighted by Crippen LogP contribution is -2.29. The topological polar surface area (TPSA) is 106 Å². The fourth-order valence-corrected chi connectivity index (χ4v) is 5.37. The number of ether oxygens (including phenoxy) is 2. The van der Waals surface area contributed by atoms with Gasteiger partial charge in [-0.25, -0.2) is 9.78 Å². The van der Waals surface area contributed by atoms with Crippen molar-refractivity contribution in [1.82, 2.24) is 4.98 Å². The number of carbonyl (C=O) groups excluding carboxylic acids is 3. The van der Waals surface area contributed by atoms with Gasteiger partial charge in [0.25, 0.3) is 5.78 Å². The molecule has 192 valence electrons. The molecule has 1 N–H and O–H groups in total. The highest BCUT2D eigenvalue weighted by atomic mass is 35.5. The Labute approximate surface area is 227 Å². The maximum absolute atomic E-state index is 13.4. The molecule has 37 heavy (non-hydrogen) atoms. The van der Waals surface area contributed by atoms with Gasteiger partial charge in [0, 0.05) is 5.56 Å². The number of thiazole rings is 1. The summed E-state index contributed by atoms with van der Waals surface area (Å²) in [6.07, 6.45) is 0. The second-order valence-corrected chi connectivity index (χ2v) is 9.95. The number of benzene rings is 2. The van der Waals surface area contributed by atoms with Gasteiger partial charge >= 0.3 is 11.9 Å². The van der Waals surface area contributed by atoms with Crippen molar-refractivity contribution in [2.75, 3.05) is 18.6 Å². The first-order valence-corrected chi connectivity index (χ1v) is 12.7. The third-order valence-electron chi connectivity index (χ3n) is 5.82. The van der Waals surface area contributed by atoms with Gasteiger partial charge in [0.2, 0.25) is 0 Å². The quantitative estimate of drug-likeness (QED) is 0.173. The Hall–Kier alpha value is -3.40. The van der Waals surface area contributed by atoms with E-state index in [1.165, 1.54) is 19.2 Å². The molecule has 1 aliphatic heterocycles. The van der Waals surface area contributed by atoms with Gasteiger partial charge in [0.05, 0.1) is 41.1 Å². The molecule has 1 aliphatic rings. The second-order valence-electron chi connectivity index (χ2n) is 8.16. The van der Waals surface area contributed by atoms with Gasteiger partial charge in [-0.15, -0.1) is 0 Å². The highest BCUT2D eigenvalue weighted by Crippen LogP contribution is 2.45. The van der Waals surface area contributed by atoms with E-state index in [1.54, 1.807) is 45.0 Å². The molecule has 0 radical (unpaired) electrons. The lowest BCUT2D eigenvalue weighted by Gasteiger charge is -2.23. The van der Waals surface area contributed by atoms with Gasteiger partial charge in [0.15, 0.2) is 5.13 Å². The average molecular weight is 561 g/mol. The molecule has 1 amide bonds. The van der Waals surface area contributed by atoms with Crippen LogP contribution in [0.3, 0.4) is 0 Å². The van der Waals surface area contributed by atoms with Crippen LogP contribution in [0.4, 0.5) is 5.13 Å². The number of rotatable bonds is 6. The zero-order valence-electron chi connectivity index (χ0n) is 20.3. The molecule has 0 saturated carbocycles. The third kappa shape index (κ3) is 4.82. The lowest BCUT2D eigenvalue weighted by atomic mass is 9.95. The standard InChI is InChI=1S/C26H22Cl2N2O6S/c1-5-36-25(34)23-13(3)29-26(37-23)30-20(14-6-8-16(27)17(28)11-14)19(22(32)24(30)33)21(31)15-7-9-18(35-4)12(2)10-15/h6-11,20,31H,5H2,1-4H3/t20-/m1/s1. The molecule has 0 unspecified atom stereocenters. The van der Waals surface area contributed by atoms with Crippen LogP contribution in [-0.2, 0) is 14.3 Å². The Bertz CT molecular complexity index is 1470. The van der Waals surface area contributed by atoms with Crippen molar-refractivity contribution < 1.29 is 29.0 Å². The molecular formula is C26H22Cl2N2O6S. The Morgan fingerprint density at radius 1 is 1.14 bits per heavy atom. The number of ketones is 1. The van der Waals surface area contributed by atoms with Crippen molar-refractivity contribution in [3.63, 3.8) is 0 Å². The number of aliphatic hydroxyl groups is 1. The predicted octanol–water partition coefficient (Wildman–Crippen LogP) is 5.88. The zero-order chi connectivity index (χ0) is 27.0. The normalized spacial score (nSPS) is 16.8. The predicted molar refractivity (Wildman–Crippen MR) is 142 cm³/mol. The van der Waals surface area contributed by atoms with E-state index < -0.39 is 23.7 Å². The van der Waals surface area contributed by atoms with Crippen molar-refractivity contribution in [2.24, 2.45) is 0 Å². The van der Waals surface area contributed by atoms with E-state index in [0.29, 0.717) is 22.6 Å². The summed E-state index contributed by atoms with van der Waals surface area (Å²) in [6, 6.07) is 8.48. The molecule has 11 heteroatoms. The Balaban J connectivity index is 1.93. The number of carbonyl (C=O) groups is 3. The molecule has 1 saturated heterocycles. The number of esters is 1. The molecule has 2 heterocycles. The van der Waals surface area contributed by atoms with E-state index in [2.05, 4.69) is 4.98 Å². The van der Waals surface area contributed by atoms with E-state index in [1.807, 2.05) is 0 Å². The summed E-state index contributed by atoms with van der Waals surface area (Å²) in [5.74, 6) is -2.18. The number of halogens is 2. The van der Waals surface area contributed by atoms with Crippen LogP contribution in [-0.4, -0.2) is 41.5 Å². The minimum absolute atomic E-state index is 0.101. The van der Waals surface area contributed by atoms with E-state index in [-0.39, 0.29) is 38.0 Å². The van der Waals surface area contributed by atoms with Crippen LogP contribution in [0.2, 0.25) is 10.0 Å². The van der Waals surface area contributed by atoms with Crippen molar-refractivity contribution in [2.45, 2.75) is 26.8 Å². The minimum atomic E-state index is -1.09. The Kier molecular flexibility index (Phi) is 7.59. The van der Waals surface area contributed by atoms with Crippen LogP contribution < -0.4 is 9.64 Å². The van der Waals surface area contributed by atoms with Crippen LogP contribution in [0.25, 0.3) is 5.76 Å². The highest BCUT2D eigenvalue weighted by molar-refractivity contribution is 7.17. The van der Waals surface area contributed by atoms with Crippen molar-refractivity contribution in [3.8, 4) is 5.75 Å². The van der Waals surface area contributed by atoms with E-state index in [9.17, 15) is 19.5 Å². The van der Waals surface area contributed by atoms with Gasteiger partial charge in [-0.2, -0.15) is 0 Å². The maximum atomic E-state index is 13.4. The molecule has 3 aromatic rings. The summed E-state index contributed by atoms with van der Waals surface area (Å²) in [4.78, 5) is 44.9. The van der Waals surface area contributed by atoms with Crippen LogP contribution in [0, 0.1) is 13.8 Å². The van der Waals surface area contributed by atoms with Crippen LogP contribution in [0.5, 0.6) is 5.75 Å². The minimum Gasteiger partial charge on any atom is -0.507 e. The average Bonchev–Trinajstić information content (AvgIpc) is 3.37. The molecule has 8 nitrogen and oxygen atoms in total. The molecule has 1 fully saturated rings. The van der Waals surface area contributed by atoms with Crippen LogP contribution >= 0.6 is 34.5 Å². The molecule has 0 aliphatic carbocycles. The third-order valence-corrected chi connectivity index (χ3v) is 7.70. The summed E-state index contributed by atoms with van der Waals surface area (Å²) in [5.41, 5.74) is 1.66. The number of hydrogen-bond acceptors (Lipinski definition) is 8. The number of Topliss-reactive ketones (excluding diaryl/α,β-unsaturated/α-hetero) is 1. The van der Waals surface area contributed by atoms with Gasteiger partial charge in [-0.3, -0.25) is 14.5 Å². The van der Waals surface area contributed by atoms with Crippen LogP contribution in [0.1, 0.15) is 45.0 Å². The van der Waals surface area contributed by atoms with E-state index in [0.717, 1.165) is 21.8 Å². The fourth-order valence-electron chi connectivity index (χ4n) is 4.08. The first kappa shape index (κ1) is 26.7. The van der Waals surface area contributed by atoms with Gasteiger partial charge in [-0.1, -0.05) is 40.6 Å². The molecule has 0 spiro atoms. The van der Waals surface area contributed by atoms with Crippen molar-refractivity contribution in [1.29, 1.82) is 0 Å². The maximum Gasteiger partial charge on any atom is 0.350 e. The van der Waals surface area contributed by atoms with E-state index in [4.69, 9.17) is 32.7 Å².